The van der Waals surface area contributed by atoms with Gasteiger partial charge in [0.25, 0.3) is 0 Å². The Morgan fingerprint density at radius 2 is 1.27 bits per heavy atom. The van der Waals surface area contributed by atoms with Crippen LogP contribution in [0.2, 0.25) is 0 Å². The summed E-state index contributed by atoms with van der Waals surface area (Å²) in [6, 6.07) is 11.3. The number of rotatable bonds is 0. The van der Waals surface area contributed by atoms with Gasteiger partial charge in [-0.05, 0) is 36.4 Å². The number of nitrogens with one attached hydrogen (secondary N) is 2. The summed E-state index contributed by atoms with van der Waals surface area (Å²) in [6.07, 6.45) is 0. The predicted molar refractivity (Wildman–Crippen MR) is 115 cm³/mol. The first-order valence-electron chi connectivity index (χ1n) is 9.48. The lowest BCUT2D eigenvalue weighted by molar-refractivity contribution is 1.40. The van der Waals surface area contributed by atoms with Gasteiger partial charge in [-0.3, -0.25) is 14.4 Å². The minimum absolute atomic E-state index is 0.0813. The van der Waals surface area contributed by atoms with Crippen molar-refractivity contribution in [1.82, 2.24) is 19.9 Å². The molecule has 0 amide bonds. The average molecular weight is 388 g/mol. The van der Waals surface area contributed by atoms with E-state index in [0.29, 0.717) is 60.6 Å². The maximum atomic E-state index is 12.9. The van der Waals surface area contributed by atoms with Gasteiger partial charge in [-0.1, -0.05) is 0 Å². The van der Waals surface area contributed by atoms with Crippen LogP contribution in [-0.4, -0.2) is 19.9 Å². The fraction of sp³-hybridized carbons (Fsp3) is 0. The van der Waals surface area contributed by atoms with Crippen molar-refractivity contribution in [2.45, 2.75) is 0 Å². The molecule has 0 saturated carbocycles. The Morgan fingerprint density at radius 3 is 2.10 bits per heavy atom. The minimum atomic E-state index is -0.260. The van der Waals surface area contributed by atoms with Crippen molar-refractivity contribution in [2.24, 2.45) is 0 Å². The Balaban J connectivity index is 1.65. The van der Waals surface area contributed by atoms with Crippen molar-refractivity contribution < 1.29 is 0 Å². The third-order valence-electron chi connectivity index (χ3n) is 6.24. The summed E-state index contributed by atoms with van der Waals surface area (Å²) in [5.41, 5.74) is 5.67. The molecule has 0 aliphatic carbocycles. The molecule has 0 unspecified atom stereocenters. The monoisotopic (exact) mass is 388 g/mol. The molecule has 0 radical (unpaired) electrons. The van der Waals surface area contributed by atoms with E-state index >= 15 is 0 Å². The third-order valence-corrected chi connectivity index (χ3v) is 6.24. The molecule has 1 aliphatic rings. The van der Waals surface area contributed by atoms with Crippen LogP contribution < -0.4 is 16.3 Å². The highest BCUT2D eigenvalue weighted by Crippen LogP contribution is 2.43. The summed E-state index contributed by atoms with van der Waals surface area (Å²) in [4.78, 5) is 53.8. The largest absolute Gasteiger partial charge is 0.355 e. The summed E-state index contributed by atoms with van der Waals surface area (Å²) in [7, 11) is 0. The van der Waals surface area contributed by atoms with Crippen LogP contribution in [-0.2, 0) is 0 Å². The average Bonchev–Trinajstić information content (AvgIpc) is 3.20. The lowest BCUT2D eigenvalue weighted by Crippen LogP contribution is -2.13. The number of fused-ring (bicyclic) bond motifs is 12. The highest BCUT2D eigenvalue weighted by Gasteiger charge is 2.37. The maximum Gasteiger partial charge on any atom is 0.200 e. The van der Waals surface area contributed by atoms with E-state index in [4.69, 9.17) is 0 Å². The molecule has 7 heteroatoms. The molecule has 5 heterocycles. The Kier molecular flexibility index (Phi) is 2.08. The van der Waals surface area contributed by atoms with Gasteiger partial charge >= 0.3 is 0 Å². The second-order valence-corrected chi connectivity index (χ2v) is 7.88. The minimum Gasteiger partial charge on any atom is -0.355 e. The summed E-state index contributed by atoms with van der Waals surface area (Å²) in [5.74, 6) is 0. The second-order valence-electron chi connectivity index (χ2n) is 7.88. The van der Waals surface area contributed by atoms with E-state index < -0.39 is 0 Å². The number of nitrogens with zero attached hydrogens (tertiary/aromatic N) is 2. The first-order valence-corrected chi connectivity index (χ1v) is 9.48. The van der Waals surface area contributed by atoms with Crippen LogP contribution in [0.3, 0.4) is 0 Å². The van der Waals surface area contributed by atoms with Crippen molar-refractivity contribution >= 4 is 54.6 Å². The fourth-order valence-corrected chi connectivity index (χ4v) is 4.79. The molecule has 0 fully saturated rings. The topological polar surface area (TPSA) is 109 Å². The zero-order valence-electron chi connectivity index (χ0n) is 15.1. The molecule has 138 valence electrons. The Hall–Kier alpha value is -4.39. The molecule has 3 aromatic carbocycles. The lowest BCUT2D eigenvalue weighted by Gasteiger charge is -2.00. The number of aromatic nitrogens is 4. The SMILES string of the molecule is O=c1c2c1-c1nc-2cc2ccc(cc3ccc([nH]3)c3c(=O)c4c3nc3c1c(=O)c34)[nH]2. The first-order chi connectivity index (χ1) is 14.6. The fourth-order valence-electron chi connectivity index (χ4n) is 4.79. The van der Waals surface area contributed by atoms with E-state index in [1.165, 1.54) is 0 Å². The molecule has 7 aromatic rings. The van der Waals surface area contributed by atoms with Gasteiger partial charge in [0.15, 0.2) is 16.3 Å². The highest BCUT2D eigenvalue weighted by atomic mass is 16.1. The van der Waals surface area contributed by atoms with Crippen LogP contribution in [0.5, 0.6) is 0 Å². The van der Waals surface area contributed by atoms with Crippen molar-refractivity contribution in [2.75, 3.05) is 0 Å². The molecule has 8 bridgehead atoms. The van der Waals surface area contributed by atoms with E-state index in [1.807, 2.05) is 36.4 Å². The van der Waals surface area contributed by atoms with E-state index in [0.717, 1.165) is 16.6 Å². The predicted octanol–water partition coefficient (Wildman–Crippen LogP) is 2.94. The Bertz CT molecular complexity index is 2070. The van der Waals surface area contributed by atoms with Crippen LogP contribution in [0.4, 0.5) is 0 Å². The zero-order valence-corrected chi connectivity index (χ0v) is 15.1. The number of H-pyrrole nitrogens is 2. The smallest absolute Gasteiger partial charge is 0.200 e. The van der Waals surface area contributed by atoms with Crippen molar-refractivity contribution in [3.05, 3.63) is 67.1 Å². The van der Waals surface area contributed by atoms with Crippen LogP contribution >= 0.6 is 0 Å². The van der Waals surface area contributed by atoms with E-state index in [9.17, 15) is 14.4 Å². The van der Waals surface area contributed by atoms with Crippen molar-refractivity contribution in [3.63, 3.8) is 0 Å². The molecule has 2 N–H and O–H groups in total. The van der Waals surface area contributed by atoms with Crippen molar-refractivity contribution in [1.29, 1.82) is 0 Å². The summed E-state index contributed by atoms with van der Waals surface area (Å²) in [5, 5.41) is 1.58. The molecule has 0 spiro atoms. The van der Waals surface area contributed by atoms with Crippen LogP contribution in [0.15, 0.2) is 50.8 Å². The van der Waals surface area contributed by atoms with E-state index in [1.54, 1.807) is 0 Å². The quantitative estimate of drug-likeness (QED) is 0.415. The van der Waals surface area contributed by atoms with Gasteiger partial charge in [-0.15, -0.1) is 0 Å². The molecule has 7 nitrogen and oxygen atoms in total. The van der Waals surface area contributed by atoms with E-state index in [-0.39, 0.29) is 16.3 Å². The van der Waals surface area contributed by atoms with Crippen molar-refractivity contribution in [3.8, 4) is 22.5 Å². The molecule has 0 saturated heterocycles. The number of hydrogen-bond acceptors (Lipinski definition) is 5. The standard InChI is InChI=1S/C23H8N4O3/c28-21-12-11-6-9-2-1-7(24-9)5-8-3-4-10(25-8)13-18-15(22(13)29)16-20(27-18)17(23(16)30)19(26-11)14(12)21/h1-6,24-25H. The second kappa shape index (κ2) is 4.28. The summed E-state index contributed by atoms with van der Waals surface area (Å²) >= 11 is 0. The number of aromatic amines is 2. The van der Waals surface area contributed by atoms with Crippen LogP contribution in [0.25, 0.3) is 77.2 Å². The molecule has 0 atom stereocenters. The maximum absolute atomic E-state index is 12.9. The van der Waals surface area contributed by atoms with Gasteiger partial charge in [0.05, 0.1) is 60.6 Å². The molecule has 4 aromatic heterocycles. The third kappa shape index (κ3) is 1.44. The van der Waals surface area contributed by atoms with E-state index in [2.05, 4.69) is 19.9 Å². The molecular weight excluding hydrogens is 380 g/mol. The number of hydrogen-bond donors (Lipinski definition) is 2. The molecule has 8 rings (SSSR count). The lowest BCUT2D eigenvalue weighted by atomic mass is 9.99. The van der Waals surface area contributed by atoms with Gasteiger partial charge in [0.2, 0.25) is 0 Å². The van der Waals surface area contributed by atoms with Gasteiger partial charge in [0, 0.05) is 16.6 Å². The summed E-state index contributed by atoms with van der Waals surface area (Å²) in [6.45, 7) is 0. The van der Waals surface area contributed by atoms with Crippen LogP contribution in [0, 0.1) is 0 Å². The Morgan fingerprint density at radius 1 is 0.600 bits per heavy atom. The molecule has 1 aliphatic heterocycles. The highest BCUT2D eigenvalue weighted by molar-refractivity contribution is 6.29. The van der Waals surface area contributed by atoms with Crippen LogP contribution in [0.1, 0.15) is 0 Å². The van der Waals surface area contributed by atoms with Gasteiger partial charge in [0.1, 0.15) is 0 Å². The Labute approximate surface area is 164 Å². The van der Waals surface area contributed by atoms with Gasteiger partial charge in [-0.25, -0.2) is 9.97 Å². The number of pyridine rings is 1. The molecule has 30 heavy (non-hydrogen) atoms. The molecular formula is C23H8N4O3. The van der Waals surface area contributed by atoms with Gasteiger partial charge < -0.3 is 9.97 Å². The van der Waals surface area contributed by atoms with Gasteiger partial charge in [-0.2, -0.15) is 0 Å². The first kappa shape index (κ1) is 14.6. The summed E-state index contributed by atoms with van der Waals surface area (Å²) < 4.78 is 0. The zero-order chi connectivity index (χ0) is 19.9. The normalized spacial score (nSPS) is 13.1.